The van der Waals surface area contributed by atoms with Crippen LogP contribution in [0.25, 0.3) is 6.08 Å². The predicted octanol–water partition coefficient (Wildman–Crippen LogP) is 3.93. The van der Waals surface area contributed by atoms with E-state index in [0.717, 1.165) is 35.5 Å². The van der Waals surface area contributed by atoms with Gasteiger partial charge >= 0.3 is 6.03 Å². The van der Waals surface area contributed by atoms with Crippen LogP contribution in [0.4, 0.5) is 10.5 Å². The van der Waals surface area contributed by atoms with Crippen LogP contribution >= 0.6 is 0 Å². The molecule has 0 aliphatic carbocycles. The zero-order valence-electron chi connectivity index (χ0n) is 16.0. The Morgan fingerprint density at radius 1 is 0.963 bits per heavy atom. The highest BCUT2D eigenvalue weighted by molar-refractivity contribution is 6.13. The van der Waals surface area contributed by atoms with Gasteiger partial charge in [0.05, 0.1) is 6.54 Å². The predicted molar refractivity (Wildman–Crippen MR) is 108 cm³/mol. The van der Waals surface area contributed by atoms with Gasteiger partial charge < -0.3 is 10.2 Å². The van der Waals surface area contributed by atoms with Crippen molar-refractivity contribution in [3.63, 3.8) is 0 Å². The third-order valence-electron chi connectivity index (χ3n) is 4.76. The van der Waals surface area contributed by atoms with Crippen LogP contribution in [0.2, 0.25) is 0 Å². The Morgan fingerprint density at radius 2 is 1.59 bits per heavy atom. The third kappa shape index (κ3) is 4.19. The van der Waals surface area contributed by atoms with Crippen molar-refractivity contribution in [3.05, 3.63) is 70.9 Å². The monoisotopic (exact) mass is 363 g/mol. The van der Waals surface area contributed by atoms with Gasteiger partial charge in [0.15, 0.2) is 0 Å². The molecular formula is C22H25N3O2. The first-order valence-electron chi connectivity index (χ1n) is 9.27. The number of carbonyl (C=O) groups is 2. The molecular weight excluding hydrogens is 338 g/mol. The molecule has 1 fully saturated rings. The molecule has 1 N–H and O–H groups in total. The summed E-state index contributed by atoms with van der Waals surface area (Å²) in [5.74, 6) is -0.298. The number of imide groups is 1. The summed E-state index contributed by atoms with van der Waals surface area (Å²) in [5, 5.41) is 2.68. The molecule has 2 aromatic carbocycles. The minimum atomic E-state index is -0.383. The second kappa shape index (κ2) is 8.08. The molecule has 0 unspecified atom stereocenters. The fraction of sp³-hybridized carbons (Fsp3) is 0.273. The van der Waals surface area contributed by atoms with Gasteiger partial charge in [-0.25, -0.2) is 4.79 Å². The van der Waals surface area contributed by atoms with Gasteiger partial charge in [-0.05, 0) is 50.1 Å². The van der Waals surface area contributed by atoms with E-state index in [1.807, 2.05) is 55.5 Å². The van der Waals surface area contributed by atoms with Gasteiger partial charge in [0.25, 0.3) is 5.91 Å². The maximum Gasteiger partial charge on any atom is 0.329 e. The average molecular weight is 363 g/mol. The molecule has 0 aromatic heterocycles. The number of nitrogens with one attached hydrogen (secondary N) is 1. The van der Waals surface area contributed by atoms with E-state index in [4.69, 9.17) is 0 Å². The van der Waals surface area contributed by atoms with Gasteiger partial charge in [0.1, 0.15) is 5.70 Å². The zero-order valence-corrected chi connectivity index (χ0v) is 16.0. The maximum absolute atomic E-state index is 12.6. The lowest BCUT2D eigenvalue weighted by Gasteiger charge is -2.20. The van der Waals surface area contributed by atoms with Gasteiger partial charge in [-0.15, -0.1) is 0 Å². The summed E-state index contributed by atoms with van der Waals surface area (Å²) in [6.45, 7) is 8.40. The number of carbonyl (C=O) groups excluding carboxylic acids is 2. The third-order valence-corrected chi connectivity index (χ3v) is 4.76. The number of anilines is 1. The van der Waals surface area contributed by atoms with Gasteiger partial charge in [-0.3, -0.25) is 9.69 Å². The fourth-order valence-electron chi connectivity index (χ4n) is 3.13. The SMILES string of the molecule is CCN(CC)c1ccc(/C=C2/NC(=O)N(Cc3ccc(C)cc3)C2=O)cc1. The standard InChI is InChI=1S/C22H25N3O2/c1-4-24(5-2)19-12-10-17(11-13-19)14-20-21(26)25(22(27)23-20)15-18-8-6-16(3)7-9-18/h6-14H,4-5,15H2,1-3H3,(H,23,27)/b20-14+. The van der Waals surface area contributed by atoms with Crippen molar-refractivity contribution in [2.45, 2.75) is 27.3 Å². The lowest BCUT2D eigenvalue weighted by atomic mass is 10.1. The second-order valence-corrected chi connectivity index (χ2v) is 6.63. The molecule has 5 heteroatoms. The molecule has 0 saturated carbocycles. The van der Waals surface area contributed by atoms with Crippen molar-refractivity contribution < 1.29 is 9.59 Å². The summed E-state index contributed by atoms with van der Waals surface area (Å²) in [5.41, 5.74) is 4.40. The van der Waals surface area contributed by atoms with Crippen molar-refractivity contribution in [2.24, 2.45) is 0 Å². The Morgan fingerprint density at radius 3 is 2.19 bits per heavy atom. The molecule has 0 bridgehead atoms. The molecule has 5 nitrogen and oxygen atoms in total. The largest absolute Gasteiger partial charge is 0.372 e. The number of nitrogens with zero attached hydrogens (tertiary/aromatic N) is 2. The summed E-state index contributed by atoms with van der Waals surface area (Å²) >= 11 is 0. The summed E-state index contributed by atoms with van der Waals surface area (Å²) in [4.78, 5) is 28.3. The van der Waals surface area contributed by atoms with Gasteiger partial charge in [-0.2, -0.15) is 0 Å². The number of hydrogen-bond donors (Lipinski definition) is 1. The maximum atomic E-state index is 12.6. The Balaban J connectivity index is 1.74. The van der Waals surface area contributed by atoms with Crippen LogP contribution in [0.1, 0.15) is 30.5 Å². The van der Waals surface area contributed by atoms with E-state index in [0.29, 0.717) is 5.70 Å². The second-order valence-electron chi connectivity index (χ2n) is 6.63. The van der Waals surface area contributed by atoms with Crippen LogP contribution in [0.15, 0.2) is 54.2 Å². The fourth-order valence-corrected chi connectivity index (χ4v) is 3.13. The number of aryl methyl sites for hydroxylation is 1. The summed E-state index contributed by atoms with van der Waals surface area (Å²) in [6.07, 6.45) is 1.72. The van der Waals surface area contributed by atoms with Crippen LogP contribution < -0.4 is 10.2 Å². The Hall–Kier alpha value is -3.08. The van der Waals surface area contributed by atoms with Crippen LogP contribution in [-0.2, 0) is 11.3 Å². The molecule has 3 amide bonds. The van der Waals surface area contributed by atoms with Crippen LogP contribution in [0.3, 0.4) is 0 Å². The molecule has 0 spiro atoms. The number of hydrogen-bond acceptors (Lipinski definition) is 3. The van der Waals surface area contributed by atoms with E-state index in [1.165, 1.54) is 4.90 Å². The first-order chi connectivity index (χ1) is 13.0. The van der Waals surface area contributed by atoms with Crippen LogP contribution in [0, 0.1) is 6.92 Å². The normalized spacial score (nSPS) is 15.4. The highest BCUT2D eigenvalue weighted by Gasteiger charge is 2.33. The first-order valence-corrected chi connectivity index (χ1v) is 9.27. The highest BCUT2D eigenvalue weighted by Crippen LogP contribution is 2.20. The van der Waals surface area contributed by atoms with Gasteiger partial charge in [0, 0.05) is 18.8 Å². The van der Waals surface area contributed by atoms with Gasteiger partial charge in [-0.1, -0.05) is 42.0 Å². The number of rotatable bonds is 6. The summed E-state index contributed by atoms with van der Waals surface area (Å²) < 4.78 is 0. The molecule has 1 aliphatic heterocycles. The molecule has 140 valence electrons. The van der Waals surface area contributed by atoms with E-state index in [1.54, 1.807) is 6.08 Å². The molecule has 0 atom stereocenters. The minimum Gasteiger partial charge on any atom is -0.372 e. The topological polar surface area (TPSA) is 52.7 Å². The number of urea groups is 1. The zero-order chi connectivity index (χ0) is 19.4. The van der Waals surface area contributed by atoms with Gasteiger partial charge in [0.2, 0.25) is 0 Å². The van der Waals surface area contributed by atoms with E-state index < -0.39 is 0 Å². The van der Waals surface area contributed by atoms with Crippen LogP contribution in [0.5, 0.6) is 0 Å². The van der Waals surface area contributed by atoms with E-state index in [-0.39, 0.29) is 18.5 Å². The summed E-state index contributed by atoms with van der Waals surface area (Å²) in [7, 11) is 0. The molecule has 1 saturated heterocycles. The van der Waals surface area contributed by atoms with E-state index >= 15 is 0 Å². The lowest BCUT2D eigenvalue weighted by molar-refractivity contribution is -0.123. The molecule has 2 aromatic rings. The lowest BCUT2D eigenvalue weighted by Crippen LogP contribution is -2.30. The van der Waals surface area contributed by atoms with E-state index in [2.05, 4.69) is 24.1 Å². The molecule has 0 radical (unpaired) electrons. The Bertz CT molecular complexity index is 850. The molecule has 3 rings (SSSR count). The number of benzene rings is 2. The van der Waals surface area contributed by atoms with Crippen molar-refractivity contribution in [3.8, 4) is 0 Å². The van der Waals surface area contributed by atoms with Crippen molar-refractivity contribution in [1.29, 1.82) is 0 Å². The van der Waals surface area contributed by atoms with Crippen molar-refractivity contribution >= 4 is 23.7 Å². The smallest absolute Gasteiger partial charge is 0.329 e. The quantitative estimate of drug-likeness (QED) is 0.625. The molecule has 1 heterocycles. The van der Waals surface area contributed by atoms with Crippen LogP contribution in [-0.4, -0.2) is 29.9 Å². The highest BCUT2D eigenvalue weighted by atomic mass is 16.2. The summed E-state index contributed by atoms with van der Waals surface area (Å²) in [6, 6.07) is 15.4. The Kier molecular flexibility index (Phi) is 5.60. The minimum absolute atomic E-state index is 0.267. The first kappa shape index (κ1) is 18.7. The van der Waals surface area contributed by atoms with Crippen molar-refractivity contribution in [1.82, 2.24) is 10.2 Å². The molecule has 27 heavy (non-hydrogen) atoms. The molecule has 1 aliphatic rings. The average Bonchev–Trinajstić information content (AvgIpc) is 2.93. The van der Waals surface area contributed by atoms with Crippen molar-refractivity contribution in [2.75, 3.05) is 18.0 Å². The van der Waals surface area contributed by atoms with E-state index in [9.17, 15) is 9.59 Å². The Labute approximate surface area is 160 Å². The number of amides is 3.